The van der Waals surface area contributed by atoms with Crippen molar-refractivity contribution in [1.82, 2.24) is 0 Å². The largest absolute Gasteiger partial charge is 0.493 e. The second kappa shape index (κ2) is 9.41. The molecule has 0 radical (unpaired) electrons. The molecule has 2 N–H and O–H groups in total. The van der Waals surface area contributed by atoms with Crippen LogP contribution >= 0.6 is 0 Å². The second-order valence-electron chi connectivity index (χ2n) is 8.69. The van der Waals surface area contributed by atoms with Gasteiger partial charge >= 0.3 is 5.82 Å². The highest BCUT2D eigenvalue weighted by Crippen LogP contribution is 2.47. The summed E-state index contributed by atoms with van der Waals surface area (Å²) in [5.41, 5.74) is 11.3. The monoisotopic (exact) mass is 484 g/mol. The lowest BCUT2D eigenvalue weighted by molar-refractivity contribution is -0.673. The molecule has 5 rings (SSSR count). The Morgan fingerprint density at radius 3 is 2.17 bits per heavy atom. The van der Waals surface area contributed by atoms with Crippen molar-refractivity contribution in [2.45, 2.75) is 19.9 Å². The van der Waals surface area contributed by atoms with Crippen LogP contribution in [0.4, 0.5) is 5.82 Å². The molecule has 0 saturated heterocycles. The molecule has 2 heterocycles. The summed E-state index contributed by atoms with van der Waals surface area (Å²) in [6.45, 7) is 2.51. The van der Waals surface area contributed by atoms with E-state index in [9.17, 15) is 0 Å². The van der Waals surface area contributed by atoms with Crippen LogP contribution in [-0.2, 0) is 13.0 Å². The summed E-state index contributed by atoms with van der Waals surface area (Å²) in [5, 5.41) is 1.91. The number of hydrogen-bond donors (Lipinski definition) is 1. The molecule has 0 saturated carbocycles. The Morgan fingerprint density at radius 2 is 1.53 bits per heavy atom. The van der Waals surface area contributed by atoms with Crippen molar-refractivity contribution in [3.63, 3.8) is 0 Å². The topological polar surface area (TPSA) is 79.2 Å². The summed E-state index contributed by atoms with van der Waals surface area (Å²) in [6, 6.07) is 18.5. The zero-order valence-electron chi connectivity index (χ0n) is 21.2. The first-order chi connectivity index (χ1) is 17.5. The molecule has 0 atom stereocenters. The zero-order chi connectivity index (χ0) is 25.4. The third kappa shape index (κ3) is 3.77. The average Bonchev–Trinajstić information content (AvgIpc) is 2.91. The highest BCUT2D eigenvalue weighted by Gasteiger charge is 2.32. The maximum Gasteiger partial charge on any atom is 0.333 e. The molecule has 0 bridgehead atoms. The van der Waals surface area contributed by atoms with Crippen LogP contribution in [0.3, 0.4) is 0 Å². The summed E-state index contributed by atoms with van der Waals surface area (Å²) in [4.78, 5) is 4.77. The summed E-state index contributed by atoms with van der Waals surface area (Å²) in [5.74, 6) is 4.06. The molecular weight excluding hydrogens is 454 g/mol. The van der Waals surface area contributed by atoms with Gasteiger partial charge in [-0.05, 0) is 34.1 Å². The molecule has 4 aromatic rings. The van der Waals surface area contributed by atoms with E-state index in [-0.39, 0.29) is 0 Å². The predicted octanol–water partition coefficient (Wildman–Crippen LogP) is 5.06. The maximum atomic E-state index is 6.10. The van der Waals surface area contributed by atoms with Crippen LogP contribution in [0.1, 0.15) is 12.5 Å². The summed E-state index contributed by atoms with van der Waals surface area (Å²) >= 11 is 0. The van der Waals surface area contributed by atoms with Crippen LogP contribution in [0.5, 0.6) is 23.0 Å². The van der Waals surface area contributed by atoms with Crippen molar-refractivity contribution in [3.05, 3.63) is 60.2 Å². The molecule has 7 heteroatoms. The molecule has 184 valence electrons. The molecule has 0 amide bonds. The summed E-state index contributed by atoms with van der Waals surface area (Å²) in [7, 11) is 6.65. The number of aromatic nitrogens is 1. The SMILES string of the molecule is COc1cc2cc3[n+](c(N=C(C)N)c2cc1OC)CCc1c-3cc(-c2ccccc2)c(OC)c1OC. The third-order valence-electron chi connectivity index (χ3n) is 6.61. The van der Waals surface area contributed by atoms with Crippen LogP contribution < -0.4 is 29.2 Å². The van der Waals surface area contributed by atoms with Crippen LogP contribution in [-0.4, -0.2) is 34.3 Å². The Kier molecular flexibility index (Phi) is 6.14. The average molecular weight is 485 g/mol. The van der Waals surface area contributed by atoms with Gasteiger partial charge in [0, 0.05) is 36.1 Å². The molecule has 1 aliphatic heterocycles. The van der Waals surface area contributed by atoms with Crippen molar-refractivity contribution in [3.8, 4) is 45.4 Å². The molecule has 1 aliphatic rings. The van der Waals surface area contributed by atoms with Gasteiger partial charge < -0.3 is 24.7 Å². The van der Waals surface area contributed by atoms with Crippen LogP contribution in [0.25, 0.3) is 33.2 Å². The molecule has 3 aromatic carbocycles. The Morgan fingerprint density at radius 1 is 0.833 bits per heavy atom. The minimum absolute atomic E-state index is 0.482. The highest BCUT2D eigenvalue weighted by molar-refractivity contribution is 5.97. The Labute approximate surface area is 210 Å². The molecule has 1 aromatic heterocycles. The van der Waals surface area contributed by atoms with Gasteiger partial charge in [0.05, 0.1) is 40.4 Å². The first-order valence-corrected chi connectivity index (χ1v) is 11.8. The van der Waals surface area contributed by atoms with E-state index in [0.717, 1.165) is 62.5 Å². The number of aliphatic imine (C=N–C) groups is 1. The van der Waals surface area contributed by atoms with Crippen molar-refractivity contribution < 1.29 is 23.5 Å². The molecule has 0 unspecified atom stereocenters. The molecule has 7 nitrogen and oxygen atoms in total. The Hall–Kier alpha value is -4.26. The van der Waals surface area contributed by atoms with Crippen molar-refractivity contribution in [2.24, 2.45) is 10.7 Å². The van der Waals surface area contributed by atoms with Crippen LogP contribution in [0.2, 0.25) is 0 Å². The van der Waals surface area contributed by atoms with Gasteiger partial charge in [0.25, 0.3) is 0 Å². The number of nitrogens with two attached hydrogens (primary N) is 1. The fourth-order valence-corrected chi connectivity index (χ4v) is 5.06. The van der Waals surface area contributed by atoms with E-state index in [1.165, 1.54) is 0 Å². The quantitative estimate of drug-likeness (QED) is 0.235. The predicted molar refractivity (Wildman–Crippen MR) is 142 cm³/mol. The van der Waals surface area contributed by atoms with Gasteiger partial charge in [-0.15, -0.1) is 0 Å². The fraction of sp³-hybridized carbons (Fsp3) is 0.241. The number of ether oxygens (including phenoxy) is 4. The van der Waals surface area contributed by atoms with E-state index >= 15 is 0 Å². The fourth-order valence-electron chi connectivity index (χ4n) is 5.06. The van der Waals surface area contributed by atoms with E-state index in [1.807, 2.05) is 30.3 Å². The van der Waals surface area contributed by atoms with Crippen molar-refractivity contribution in [2.75, 3.05) is 28.4 Å². The van der Waals surface area contributed by atoms with E-state index in [4.69, 9.17) is 29.7 Å². The first kappa shape index (κ1) is 23.5. The Balaban J connectivity index is 1.88. The molecule has 36 heavy (non-hydrogen) atoms. The van der Waals surface area contributed by atoms with Crippen molar-refractivity contribution in [1.29, 1.82) is 0 Å². The highest BCUT2D eigenvalue weighted by atomic mass is 16.5. The lowest BCUT2D eigenvalue weighted by Crippen LogP contribution is -2.41. The summed E-state index contributed by atoms with van der Waals surface area (Å²) in [6.07, 6.45) is 0.756. The van der Waals surface area contributed by atoms with E-state index in [1.54, 1.807) is 35.4 Å². The number of hydrogen-bond acceptors (Lipinski definition) is 5. The molecular formula is C29H30N3O4+. The van der Waals surface area contributed by atoms with Crippen molar-refractivity contribution >= 4 is 22.4 Å². The second-order valence-corrected chi connectivity index (χ2v) is 8.69. The lowest BCUT2D eigenvalue weighted by Gasteiger charge is -2.25. The van der Waals surface area contributed by atoms with Gasteiger partial charge in [-0.3, -0.25) is 0 Å². The number of methoxy groups -OCH3 is 4. The number of benzene rings is 3. The number of fused-ring (bicyclic) bond motifs is 4. The van der Waals surface area contributed by atoms with Crippen LogP contribution in [0.15, 0.2) is 59.6 Å². The minimum Gasteiger partial charge on any atom is -0.493 e. The standard InChI is InChI=1S/C29H29N3O4/c1-17(30)31-29-22-16-26(34-3)25(33-2)14-19(22)13-24-23-15-21(18-9-7-6-8-10-18)28(36-5)27(35-4)20(23)11-12-32(24)29/h6-10,13-16,30H,11-12H2,1-5H3/p+1. The van der Waals surface area contributed by atoms with E-state index < -0.39 is 0 Å². The van der Waals surface area contributed by atoms with Crippen LogP contribution in [0, 0.1) is 0 Å². The van der Waals surface area contributed by atoms with Gasteiger partial charge in [-0.1, -0.05) is 30.3 Å². The van der Waals surface area contributed by atoms with E-state index in [2.05, 4.69) is 28.8 Å². The molecule has 0 spiro atoms. The molecule has 0 fully saturated rings. The van der Waals surface area contributed by atoms with Gasteiger partial charge in [0.2, 0.25) is 5.84 Å². The maximum absolute atomic E-state index is 6.10. The zero-order valence-corrected chi connectivity index (χ0v) is 21.2. The first-order valence-electron chi connectivity index (χ1n) is 11.8. The van der Waals surface area contributed by atoms with Gasteiger partial charge in [0.15, 0.2) is 23.0 Å². The number of pyridine rings is 1. The number of nitrogens with zero attached hydrogens (tertiary/aromatic N) is 2. The summed E-state index contributed by atoms with van der Waals surface area (Å²) < 4.78 is 25.2. The normalized spacial score (nSPS) is 12.6. The van der Waals surface area contributed by atoms with Gasteiger partial charge in [-0.25, -0.2) is 4.57 Å². The number of rotatable bonds is 6. The molecule has 0 aliphatic carbocycles. The Bertz CT molecular complexity index is 1490. The smallest absolute Gasteiger partial charge is 0.333 e. The number of amidine groups is 1. The third-order valence-corrected chi connectivity index (χ3v) is 6.61. The van der Waals surface area contributed by atoms with E-state index in [0.29, 0.717) is 23.9 Å². The minimum atomic E-state index is 0.482. The van der Waals surface area contributed by atoms with Gasteiger partial charge in [0.1, 0.15) is 5.69 Å². The van der Waals surface area contributed by atoms with Gasteiger partial charge in [-0.2, -0.15) is 0 Å². The lowest BCUT2D eigenvalue weighted by atomic mass is 9.90.